The number of esters is 1. The van der Waals surface area contributed by atoms with Gasteiger partial charge in [0.25, 0.3) is 5.91 Å². The fraction of sp³-hybridized carbons (Fsp3) is 0.125. The van der Waals surface area contributed by atoms with Crippen molar-refractivity contribution in [1.29, 1.82) is 0 Å². The third kappa shape index (κ3) is 6.11. The van der Waals surface area contributed by atoms with Gasteiger partial charge in [-0.25, -0.2) is 10.2 Å². The molecule has 1 N–H and O–H groups in total. The summed E-state index contributed by atoms with van der Waals surface area (Å²) in [5.41, 5.74) is 3.79. The van der Waals surface area contributed by atoms with Crippen LogP contribution in [0.3, 0.4) is 0 Å². The van der Waals surface area contributed by atoms with E-state index in [1.807, 2.05) is 0 Å². The molecule has 0 aliphatic rings. The maximum atomic E-state index is 12.4. The summed E-state index contributed by atoms with van der Waals surface area (Å²) in [6, 6.07) is 16.5. The highest BCUT2D eigenvalue weighted by molar-refractivity contribution is 9.10. The van der Waals surface area contributed by atoms with Gasteiger partial charge in [-0.3, -0.25) is 4.79 Å². The molecule has 0 fully saturated rings. The van der Waals surface area contributed by atoms with E-state index < -0.39 is 11.9 Å². The Labute approximate surface area is 199 Å². The fourth-order valence-electron chi connectivity index (χ4n) is 2.82. The standard InChI is InChI=1S/C24H21BrN2O6/c1-30-18-8-5-16(6-9-18)24(29)33-21-10-4-15(12-22(21)32-3)14-26-27-23(28)19-13-17(25)7-11-20(19)31-2/h4-14H,1-3H3,(H,27,28)/b26-14+. The van der Waals surface area contributed by atoms with Crippen molar-refractivity contribution in [2.45, 2.75) is 0 Å². The lowest BCUT2D eigenvalue weighted by atomic mass is 10.2. The van der Waals surface area contributed by atoms with Gasteiger partial charge in [0.05, 0.1) is 38.7 Å². The van der Waals surface area contributed by atoms with Gasteiger partial charge >= 0.3 is 5.97 Å². The van der Waals surface area contributed by atoms with Crippen molar-refractivity contribution in [2.24, 2.45) is 5.10 Å². The second-order valence-corrected chi connectivity index (χ2v) is 7.49. The molecule has 0 aliphatic heterocycles. The van der Waals surface area contributed by atoms with Crippen LogP contribution in [0.25, 0.3) is 0 Å². The fourth-order valence-corrected chi connectivity index (χ4v) is 3.18. The van der Waals surface area contributed by atoms with Gasteiger partial charge in [-0.2, -0.15) is 5.10 Å². The lowest BCUT2D eigenvalue weighted by Gasteiger charge is -2.10. The number of hydrazone groups is 1. The zero-order valence-electron chi connectivity index (χ0n) is 18.1. The molecule has 0 saturated heterocycles. The molecule has 0 saturated carbocycles. The number of carbonyl (C=O) groups is 2. The summed E-state index contributed by atoms with van der Waals surface area (Å²) in [6.45, 7) is 0. The van der Waals surface area contributed by atoms with Crippen molar-refractivity contribution in [3.8, 4) is 23.0 Å². The molecule has 8 nitrogen and oxygen atoms in total. The lowest BCUT2D eigenvalue weighted by molar-refractivity contribution is 0.0729. The summed E-state index contributed by atoms with van der Waals surface area (Å²) >= 11 is 3.33. The van der Waals surface area contributed by atoms with E-state index in [0.717, 1.165) is 4.47 Å². The Kier molecular flexibility index (Phi) is 8.04. The number of rotatable bonds is 8. The number of halogens is 1. The summed E-state index contributed by atoms with van der Waals surface area (Å²) in [5.74, 6) is 0.682. The molecule has 3 aromatic rings. The van der Waals surface area contributed by atoms with Crippen LogP contribution in [0, 0.1) is 0 Å². The van der Waals surface area contributed by atoms with Crippen molar-refractivity contribution in [3.05, 3.63) is 81.8 Å². The number of hydrogen-bond acceptors (Lipinski definition) is 7. The van der Waals surface area contributed by atoms with Gasteiger partial charge in [-0.05, 0) is 66.2 Å². The van der Waals surface area contributed by atoms with Crippen molar-refractivity contribution >= 4 is 34.0 Å². The normalized spacial score (nSPS) is 10.5. The first kappa shape index (κ1) is 23.8. The molecule has 3 aromatic carbocycles. The Bertz CT molecular complexity index is 1180. The van der Waals surface area contributed by atoms with Gasteiger partial charge in [-0.1, -0.05) is 15.9 Å². The van der Waals surface area contributed by atoms with Gasteiger partial charge < -0.3 is 18.9 Å². The molecule has 1 amide bonds. The number of nitrogens with zero attached hydrogens (tertiary/aromatic N) is 1. The van der Waals surface area contributed by atoms with Crippen LogP contribution in [-0.2, 0) is 0 Å². The Morgan fingerprint density at radius 3 is 2.21 bits per heavy atom. The van der Waals surface area contributed by atoms with Crippen LogP contribution in [-0.4, -0.2) is 39.4 Å². The molecule has 9 heteroatoms. The molecule has 0 bridgehead atoms. The lowest BCUT2D eigenvalue weighted by Crippen LogP contribution is -2.18. The minimum atomic E-state index is -0.535. The van der Waals surface area contributed by atoms with Crippen molar-refractivity contribution in [2.75, 3.05) is 21.3 Å². The molecule has 0 atom stereocenters. The SMILES string of the molecule is COc1ccc(C(=O)Oc2ccc(/C=N/NC(=O)c3cc(Br)ccc3OC)cc2OC)cc1. The van der Waals surface area contributed by atoms with E-state index >= 15 is 0 Å². The third-order valence-electron chi connectivity index (χ3n) is 4.50. The smallest absolute Gasteiger partial charge is 0.343 e. The molecule has 3 rings (SSSR count). The number of ether oxygens (including phenoxy) is 4. The second-order valence-electron chi connectivity index (χ2n) is 6.57. The first-order valence-electron chi connectivity index (χ1n) is 9.66. The average Bonchev–Trinajstić information content (AvgIpc) is 2.84. The highest BCUT2D eigenvalue weighted by Gasteiger charge is 2.14. The number of methoxy groups -OCH3 is 3. The first-order chi connectivity index (χ1) is 15.9. The molecule has 33 heavy (non-hydrogen) atoms. The first-order valence-corrected chi connectivity index (χ1v) is 10.5. The summed E-state index contributed by atoms with van der Waals surface area (Å²) in [6.07, 6.45) is 1.44. The molecular formula is C24H21BrN2O6. The maximum Gasteiger partial charge on any atom is 0.343 e. The molecular weight excluding hydrogens is 492 g/mol. The van der Waals surface area contributed by atoms with Crippen LogP contribution < -0.4 is 24.4 Å². The van der Waals surface area contributed by atoms with Crippen molar-refractivity contribution in [3.63, 3.8) is 0 Å². The van der Waals surface area contributed by atoms with Gasteiger partial charge in [-0.15, -0.1) is 0 Å². The molecule has 0 spiro atoms. The van der Waals surface area contributed by atoms with E-state index in [1.54, 1.807) is 67.8 Å². The zero-order chi connectivity index (χ0) is 23.8. The van der Waals surface area contributed by atoms with E-state index in [2.05, 4.69) is 26.5 Å². The van der Waals surface area contributed by atoms with Crippen LogP contribution in [0.2, 0.25) is 0 Å². The molecule has 0 unspecified atom stereocenters. The molecule has 170 valence electrons. The molecule has 0 heterocycles. The van der Waals surface area contributed by atoms with E-state index in [4.69, 9.17) is 18.9 Å². The number of hydrogen-bond donors (Lipinski definition) is 1. The highest BCUT2D eigenvalue weighted by Crippen LogP contribution is 2.28. The molecule has 0 aromatic heterocycles. The van der Waals surface area contributed by atoms with E-state index in [0.29, 0.717) is 33.9 Å². The van der Waals surface area contributed by atoms with E-state index in [9.17, 15) is 9.59 Å². The summed E-state index contributed by atoms with van der Waals surface area (Å²) in [5, 5.41) is 3.98. The molecule has 0 radical (unpaired) electrons. The Morgan fingerprint density at radius 1 is 0.848 bits per heavy atom. The summed E-state index contributed by atoms with van der Waals surface area (Å²) < 4.78 is 21.8. The highest BCUT2D eigenvalue weighted by atomic mass is 79.9. The Morgan fingerprint density at radius 2 is 1.55 bits per heavy atom. The number of amides is 1. The summed E-state index contributed by atoms with van der Waals surface area (Å²) in [4.78, 5) is 24.8. The average molecular weight is 513 g/mol. The van der Waals surface area contributed by atoms with E-state index in [1.165, 1.54) is 20.4 Å². The largest absolute Gasteiger partial charge is 0.497 e. The van der Waals surface area contributed by atoms with Crippen LogP contribution in [0.1, 0.15) is 26.3 Å². The van der Waals surface area contributed by atoms with E-state index in [-0.39, 0.29) is 5.75 Å². The topological polar surface area (TPSA) is 95.5 Å². The second kappa shape index (κ2) is 11.1. The van der Waals surface area contributed by atoms with Crippen LogP contribution >= 0.6 is 15.9 Å². The predicted octanol–water partition coefficient (Wildman–Crippen LogP) is 4.46. The quantitative estimate of drug-likeness (QED) is 0.207. The number of carbonyl (C=O) groups excluding carboxylic acids is 2. The maximum absolute atomic E-state index is 12.4. The predicted molar refractivity (Wildman–Crippen MR) is 127 cm³/mol. The third-order valence-corrected chi connectivity index (χ3v) is 5.00. The molecule has 0 aliphatic carbocycles. The van der Waals surface area contributed by atoms with Gasteiger partial charge in [0.1, 0.15) is 11.5 Å². The van der Waals surface area contributed by atoms with Gasteiger partial charge in [0.2, 0.25) is 0 Å². The monoisotopic (exact) mass is 512 g/mol. The zero-order valence-corrected chi connectivity index (χ0v) is 19.7. The van der Waals surface area contributed by atoms with Crippen LogP contribution in [0.4, 0.5) is 0 Å². The number of nitrogens with one attached hydrogen (secondary N) is 1. The van der Waals surface area contributed by atoms with Crippen molar-refractivity contribution < 1.29 is 28.5 Å². The van der Waals surface area contributed by atoms with Gasteiger partial charge in [0.15, 0.2) is 11.5 Å². The Balaban J connectivity index is 1.69. The minimum absolute atomic E-state index is 0.248. The summed E-state index contributed by atoms with van der Waals surface area (Å²) in [7, 11) is 4.49. The van der Waals surface area contributed by atoms with Crippen LogP contribution in [0.5, 0.6) is 23.0 Å². The van der Waals surface area contributed by atoms with Gasteiger partial charge in [0, 0.05) is 4.47 Å². The number of benzene rings is 3. The minimum Gasteiger partial charge on any atom is -0.497 e. The van der Waals surface area contributed by atoms with Crippen LogP contribution in [0.15, 0.2) is 70.2 Å². The van der Waals surface area contributed by atoms with Crippen molar-refractivity contribution in [1.82, 2.24) is 5.43 Å². The Hall–Kier alpha value is -3.85.